The van der Waals surface area contributed by atoms with Gasteiger partial charge in [0.2, 0.25) is 0 Å². The molecule has 1 aromatic rings. The fraction of sp³-hybridized carbons (Fsp3) is 0.692. The molecule has 0 aliphatic rings. The Morgan fingerprint density at radius 3 is 2.62 bits per heavy atom. The second-order valence-corrected chi connectivity index (χ2v) is 4.55. The van der Waals surface area contributed by atoms with Gasteiger partial charge >= 0.3 is 0 Å². The van der Waals surface area contributed by atoms with Crippen LogP contribution in [0.15, 0.2) is 22.8 Å². The maximum absolute atomic E-state index is 5.38. The average Bonchev–Trinajstić information content (AvgIpc) is 2.75. The van der Waals surface area contributed by atoms with Gasteiger partial charge in [-0.25, -0.2) is 0 Å². The first-order valence-corrected chi connectivity index (χ1v) is 6.13. The largest absolute Gasteiger partial charge is 0.468 e. The lowest BCUT2D eigenvalue weighted by Gasteiger charge is -2.27. The van der Waals surface area contributed by atoms with E-state index in [9.17, 15) is 0 Å². The van der Waals surface area contributed by atoms with Crippen molar-refractivity contribution in [2.75, 3.05) is 13.1 Å². The van der Waals surface area contributed by atoms with Crippen molar-refractivity contribution in [2.45, 2.75) is 46.3 Å². The summed E-state index contributed by atoms with van der Waals surface area (Å²) in [6, 6.07) is 5.05. The normalized spacial score (nSPS) is 13.6. The van der Waals surface area contributed by atoms with Gasteiger partial charge in [-0.05, 0) is 25.6 Å². The van der Waals surface area contributed by atoms with Crippen LogP contribution in [-0.2, 0) is 6.54 Å². The lowest BCUT2D eigenvalue weighted by molar-refractivity contribution is 0.189. The van der Waals surface area contributed by atoms with Crippen molar-refractivity contribution in [1.29, 1.82) is 0 Å². The molecule has 0 saturated carbocycles. The average molecular weight is 224 g/mol. The monoisotopic (exact) mass is 224 g/mol. The quantitative estimate of drug-likeness (QED) is 0.771. The van der Waals surface area contributed by atoms with Crippen LogP contribution in [0.3, 0.4) is 0 Å². The van der Waals surface area contributed by atoms with Gasteiger partial charge in [0.25, 0.3) is 0 Å². The number of likely N-dealkylation sites (N-methyl/N-ethyl adjacent to an activating group) is 1. The molecule has 0 saturated heterocycles. The van der Waals surface area contributed by atoms with Crippen LogP contribution in [0.25, 0.3) is 0 Å². The SMILES string of the molecule is CCN(Cc1ccco1)C(C)CNC(C)C. The molecule has 0 aromatic carbocycles. The zero-order valence-corrected chi connectivity index (χ0v) is 10.9. The van der Waals surface area contributed by atoms with Gasteiger partial charge in [0.15, 0.2) is 0 Å². The summed E-state index contributed by atoms with van der Waals surface area (Å²) in [5.74, 6) is 1.04. The number of nitrogens with zero attached hydrogens (tertiary/aromatic N) is 1. The molecule has 0 spiro atoms. The van der Waals surface area contributed by atoms with Crippen molar-refractivity contribution in [3.05, 3.63) is 24.2 Å². The van der Waals surface area contributed by atoms with Crippen LogP contribution in [-0.4, -0.2) is 30.1 Å². The number of nitrogens with one attached hydrogen (secondary N) is 1. The molecule has 0 aliphatic heterocycles. The van der Waals surface area contributed by atoms with E-state index in [1.54, 1.807) is 6.26 Å². The lowest BCUT2D eigenvalue weighted by atomic mass is 10.2. The van der Waals surface area contributed by atoms with Crippen LogP contribution in [0, 0.1) is 0 Å². The molecule has 92 valence electrons. The van der Waals surface area contributed by atoms with E-state index in [1.165, 1.54) is 0 Å². The first kappa shape index (κ1) is 13.3. The Bertz CT molecular complexity index is 269. The highest BCUT2D eigenvalue weighted by atomic mass is 16.3. The Kier molecular flexibility index (Phi) is 5.56. The second-order valence-electron chi connectivity index (χ2n) is 4.55. The fourth-order valence-corrected chi connectivity index (χ4v) is 1.72. The summed E-state index contributed by atoms with van der Waals surface area (Å²) in [6.07, 6.45) is 1.74. The highest BCUT2D eigenvalue weighted by molar-refractivity contribution is 4.98. The standard InChI is InChI=1S/C13H24N2O/c1-5-15(10-13-7-6-8-16-13)12(4)9-14-11(2)3/h6-8,11-12,14H,5,9-10H2,1-4H3. The molecule has 3 heteroatoms. The van der Waals surface area contributed by atoms with Crippen LogP contribution >= 0.6 is 0 Å². The Balaban J connectivity index is 2.40. The molecule has 1 unspecified atom stereocenters. The molecule has 0 amide bonds. The van der Waals surface area contributed by atoms with Crippen LogP contribution in [0.1, 0.15) is 33.5 Å². The summed E-state index contributed by atoms with van der Waals surface area (Å²) in [4.78, 5) is 2.41. The van der Waals surface area contributed by atoms with Gasteiger partial charge in [-0.3, -0.25) is 4.90 Å². The third-order valence-electron chi connectivity index (χ3n) is 2.79. The number of hydrogen-bond acceptors (Lipinski definition) is 3. The summed E-state index contributed by atoms with van der Waals surface area (Å²) in [6.45, 7) is 11.8. The molecule has 0 fully saturated rings. The Morgan fingerprint density at radius 1 is 1.38 bits per heavy atom. The fourth-order valence-electron chi connectivity index (χ4n) is 1.72. The molecular formula is C13H24N2O. The summed E-state index contributed by atoms with van der Waals surface area (Å²) in [5, 5.41) is 3.47. The third-order valence-corrected chi connectivity index (χ3v) is 2.79. The van der Waals surface area contributed by atoms with E-state index in [0.29, 0.717) is 12.1 Å². The van der Waals surface area contributed by atoms with E-state index in [4.69, 9.17) is 4.42 Å². The number of furan rings is 1. The first-order chi connectivity index (χ1) is 7.63. The second kappa shape index (κ2) is 6.71. The van der Waals surface area contributed by atoms with Gasteiger partial charge in [0.05, 0.1) is 12.8 Å². The van der Waals surface area contributed by atoms with Crippen molar-refractivity contribution in [3.63, 3.8) is 0 Å². The van der Waals surface area contributed by atoms with Gasteiger partial charge < -0.3 is 9.73 Å². The molecule has 3 nitrogen and oxygen atoms in total. The van der Waals surface area contributed by atoms with Gasteiger partial charge in [-0.15, -0.1) is 0 Å². The molecule has 1 rings (SSSR count). The van der Waals surface area contributed by atoms with Crippen LogP contribution in [0.5, 0.6) is 0 Å². The molecule has 1 aromatic heterocycles. The van der Waals surface area contributed by atoms with E-state index in [-0.39, 0.29) is 0 Å². The maximum Gasteiger partial charge on any atom is 0.117 e. The summed E-state index contributed by atoms with van der Waals surface area (Å²) in [7, 11) is 0. The van der Waals surface area contributed by atoms with E-state index < -0.39 is 0 Å². The summed E-state index contributed by atoms with van der Waals surface area (Å²) >= 11 is 0. The van der Waals surface area contributed by atoms with E-state index in [2.05, 4.69) is 37.9 Å². The Morgan fingerprint density at radius 2 is 2.12 bits per heavy atom. The zero-order chi connectivity index (χ0) is 12.0. The first-order valence-electron chi connectivity index (χ1n) is 6.13. The predicted octanol–water partition coefficient (Wildman–Crippen LogP) is 2.49. The Hall–Kier alpha value is -0.800. The molecule has 1 atom stereocenters. The van der Waals surface area contributed by atoms with E-state index >= 15 is 0 Å². The third kappa shape index (κ3) is 4.37. The molecule has 16 heavy (non-hydrogen) atoms. The maximum atomic E-state index is 5.38. The highest BCUT2D eigenvalue weighted by Crippen LogP contribution is 2.08. The van der Waals surface area contributed by atoms with Crippen molar-refractivity contribution in [2.24, 2.45) is 0 Å². The minimum Gasteiger partial charge on any atom is -0.468 e. The molecule has 1 N–H and O–H groups in total. The van der Waals surface area contributed by atoms with Gasteiger partial charge in [-0.1, -0.05) is 20.8 Å². The van der Waals surface area contributed by atoms with Crippen LogP contribution in [0.2, 0.25) is 0 Å². The Labute approximate surface area is 98.8 Å². The van der Waals surface area contributed by atoms with Gasteiger partial charge in [0, 0.05) is 18.6 Å². The summed E-state index contributed by atoms with van der Waals surface area (Å²) in [5.41, 5.74) is 0. The smallest absolute Gasteiger partial charge is 0.117 e. The topological polar surface area (TPSA) is 28.4 Å². The molecular weight excluding hydrogens is 200 g/mol. The molecule has 0 bridgehead atoms. The van der Waals surface area contributed by atoms with E-state index in [0.717, 1.165) is 25.4 Å². The van der Waals surface area contributed by atoms with Crippen molar-refractivity contribution < 1.29 is 4.42 Å². The minimum absolute atomic E-state index is 0.525. The molecule has 0 aliphatic carbocycles. The van der Waals surface area contributed by atoms with Gasteiger partial charge in [-0.2, -0.15) is 0 Å². The van der Waals surface area contributed by atoms with Crippen molar-refractivity contribution in [1.82, 2.24) is 10.2 Å². The number of hydrogen-bond donors (Lipinski definition) is 1. The number of rotatable bonds is 7. The summed E-state index contributed by atoms with van der Waals surface area (Å²) < 4.78 is 5.38. The highest BCUT2D eigenvalue weighted by Gasteiger charge is 2.13. The molecule has 1 heterocycles. The predicted molar refractivity (Wildman–Crippen MR) is 67.4 cm³/mol. The van der Waals surface area contributed by atoms with Crippen molar-refractivity contribution in [3.8, 4) is 0 Å². The van der Waals surface area contributed by atoms with Crippen molar-refractivity contribution >= 4 is 0 Å². The van der Waals surface area contributed by atoms with Gasteiger partial charge in [0.1, 0.15) is 5.76 Å². The lowest BCUT2D eigenvalue weighted by Crippen LogP contribution is -2.41. The minimum atomic E-state index is 0.525. The zero-order valence-electron chi connectivity index (χ0n) is 10.9. The van der Waals surface area contributed by atoms with Crippen LogP contribution in [0.4, 0.5) is 0 Å². The van der Waals surface area contributed by atoms with E-state index in [1.807, 2.05) is 12.1 Å². The van der Waals surface area contributed by atoms with Crippen LogP contribution < -0.4 is 5.32 Å². The molecule has 0 radical (unpaired) electrons.